The number of hydrogen-bond acceptors (Lipinski definition) is 8. The molecule has 0 aliphatic carbocycles. The van der Waals surface area contributed by atoms with Crippen LogP contribution >= 0.6 is 0 Å². The van der Waals surface area contributed by atoms with Gasteiger partial charge in [0.2, 0.25) is 5.91 Å². The number of nitrogens with two attached hydrogens (primary N) is 2. The van der Waals surface area contributed by atoms with Crippen molar-refractivity contribution in [2.45, 2.75) is 25.6 Å². The molecule has 10 N–H and O–H groups in total. The van der Waals surface area contributed by atoms with Gasteiger partial charge in [0.25, 0.3) is 5.91 Å². The Morgan fingerprint density at radius 1 is 1.17 bits per heavy atom. The number of aromatic nitrogens is 5. The number of nitrogens with one attached hydrogen (secondary N) is 6. The van der Waals surface area contributed by atoms with E-state index in [9.17, 15) is 22.8 Å². The van der Waals surface area contributed by atoms with Gasteiger partial charge in [-0.1, -0.05) is 6.92 Å². The molecule has 42 heavy (non-hydrogen) atoms. The quantitative estimate of drug-likeness (QED) is 0.0716. The Morgan fingerprint density at radius 3 is 2.64 bits per heavy atom. The summed E-state index contributed by atoms with van der Waals surface area (Å²) in [6.45, 7) is 2.19. The van der Waals surface area contributed by atoms with Crippen LogP contribution in [0.15, 0.2) is 43.0 Å². The van der Waals surface area contributed by atoms with Gasteiger partial charge in [0.15, 0.2) is 23.1 Å². The number of guanidine groups is 1. The van der Waals surface area contributed by atoms with Gasteiger partial charge in [-0.05, 0) is 30.2 Å². The number of hydrogen-bond donors (Lipinski definition) is 8. The van der Waals surface area contributed by atoms with Gasteiger partial charge in [-0.2, -0.15) is 18.3 Å². The first-order chi connectivity index (χ1) is 20.0. The molecular weight excluding hydrogens is 557 g/mol. The van der Waals surface area contributed by atoms with E-state index in [4.69, 9.17) is 16.9 Å². The number of H-pyrrole nitrogens is 1. The molecule has 1 unspecified atom stereocenters. The molecule has 1 aromatic carbocycles. The number of aromatic amines is 1. The average molecular weight is 587 g/mol. The first-order valence-electron chi connectivity index (χ1n) is 12.7. The van der Waals surface area contributed by atoms with Crippen molar-refractivity contribution < 1.29 is 22.8 Å². The van der Waals surface area contributed by atoms with Crippen LogP contribution in [0.3, 0.4) is 0 Å². The summed E-state index contributed by atoms with van der Waals surface area (Å²) >= 11 is 0. The zero-order valence-electron chi connectivity index (χ0n) is 22.3. The van der Waals surface area contributed by atoms with Gasteiger partial charge in [0.05, 0.1) is 17.5 Å². The highest BCUT2D eigenvalue weighted by Gasteiger charge is 2.37. The highest BCUT2D eigenvalue weighted by Crippen LogP contribution is 2.36. The Kier molecular flexibility index (Phi) is 8.90. The second kappa shape index (κ2) is 12.5. The Balaban J connectivity index is 1.42. The van der Waals surface area contributed by atoms with E-state index in [2.05, 4.69) is 41.4 Å². The molecule has 0 radical (unpaired) electrons. The van der Waals surface area contributed by atoms with Crippen molar-refractivity contribution in [2.75, 3.05) is 25.0 Å². The Bertz CT molecular complexity index is 1600. The summed E-state index contributed by atoms with van der Waals surface area (Å²) in [6.07, 6.45) is 1.29. The fourth-order valence-electron chi connectivity index (χ4n) is 4.13. The molecule has 0 aliphatic rings. The first-order valence-corrected chi connectivity index (χ1v) is 12.7. The van der Waals surface area contributed by atoms with Crippen LogP contribution in [0.1, 0.15) is 28.5 Å². The second-order valence-corrected chi connectivity index (χ2v) is 9.06. The molecule has 0 bridgehead atoms. The van der Waals surface area contributed by atoms with Crippen LogP contribution in [-0.4, -0.2) is 68.0 Å². The van der Waals surface area contributed by atoms with E-state index in [0.29, 0.717) is 29.1 Å². The molecule has 0 saturated carbocycles. The summed E-state index contributed by atoms with van der Waals surface area (Å²) in [6, 6.07) is 4.17. The number of halogens is 3. The van der Waals surface area contributed by atoms with E-state index in [1.807, 2.05) is 6.92 Å². The third-order valence-electron chi connectivity index (χ3n) is 6.17. The van der Waals surface area contributed by atoms with E-state index in [0.717, 1.165) is 11.8 Å². The number of rotatable bonds is 11. The third kappa shape index (κ3) is 6.74. The average Bonchev–Trinajstić information content (AvgIpc) is 3.61. The predicted octanol–water partition coefficient (Wildman–Crippen LogP) is 1.10. The molecule has 4 aromatic rings. The Labute approximate surface area is 237 Å². The smallest absolute Gasteiger partial charge is 0.370 e. The summed E-state index contributed by atoms with van der Waals surface area (Å²) in [5.74, 6) is -0.793. The van der Waals surface area contributed by atoms with Crippen molar-refractivity contribution in [3.63, 3.8) is 0 Å². The van der Waals surface area contributed by atoms with E-state index < -0.39 is 23.8 Å². The van der Waals surface area contributed by atoms with Crippen LogP contribution in [0.5, 0.6) is 0 Å². The van der Waals surface area contributed by atoms with Gasteiger partial charge in [-0.3, -0.25) is 24.5 Å². The van der Waals surface area contributed by atoms with Gasteiger partial charge < -0.3 is 32.7 Å². The summed E-state index contributed by atoms with van der Waals surface area (Å²) in [5.41, 5.74) is 11.9. The monoisotopic (exact) mass is 586 g/mol. The summed E-state index contributed by atoms with van der Waals surface area (Å²) < 4.78 is 41.7. The van der Waals surface area contributed by atoms with Crippen molar-refractivity contribution in [3.05, 3.63) is 59.8 Å². The highest BCUT2D eigenvalue weighted by molar-refractivity contribution is 5.96. The maximum atomic E-state index is 13.4. The lowest BCUT2D eigenvalue weighted by atomic mass is 10.0. The van der Waals surface area contributed by atoms with Gasteiger partial charge in [0, 0.05) is 49.5 Å². The number of nitrogens with zero attached hydrogens (tertiary/aromatic N) is 4. The topological polar surface area (TPSA) is 217 Å². The number of amides is 2. The molecule has 3 heterocycles. The molecule has 1 atom stereocenters. The maximum absolute atomic E-state index is 13.4. The van der Waals surface area contributed by atoms with Crippen molar-refractivity contribution in [3.8, 4) is 11.3 Å². The molecule has 14 nitrogen and oxygen atoms in total. The number of carbonyl (C=O) groups excluding carboxylic acids is 2. The fourth-order valence-corrected chi connectivity index (χ4v) is 4.13. The van der Waals surface area contributed by atoms with Crippen LogP contribution in [0.25, 0.3) is 16.9 Å². The number of anilines is 2. The summed E-state index contributed by atoms with van der Waals surface area (Å²) in [7, 11) is 0. The predicted molar refractivity (Wildman–Crippen MR) is 148 cm³/mol. The van der Waals surface area contributed by atoms with Gasteiger partial charge in [0.1, 0.15) is 6.04 Å². The van der Waals surface area contributed by atoms with Crippen LogP contribution in [0.2, 0.25) is 0 Å². The molecule has 0 fully saturated rings. The second-order valence-electron chi connectivity index (χ2n) is 9.06. The Morgan fingerprint density at radius 2 is 1.93 bits per heavy atom. The minimum absolute atomic E-state index is 0.00289. The molecule has 222 valence electrons. The van der Waals surface area contributed by atoms with Crippen LogP contribution in [0, 0.1) is 5.41 Å². The lowest BCUT2D eigenvalue weighted by Crippen LogP contribution is -2.50. The SMILES string of the molecule is CCc1cc(Nc2nccn3c(-c4c[nH]nc4C(F)(F)F)cnc23)ccc1C(=O)NCCNC(=O)C(N)CNC(=N)N. The summed E-state index contributed by atoms with van der Waals surface area (Å²) in [4.78, 5) is 33.4. The highest BCUT2D eigenvalue weighted by atomic mass is 19.4. The lowest BCUT2D eigenvalue weighted by molar-refractivity contribution is -0.140. The zero-order valence-corrected chi connectivity index (χ0v) is 22.3. The standard InChI is InChI=1S/C25H29F3N12O2/c1-2-13-9-14(3-4-15(13)22(41)33-5-6-34-23(42)17(29)11-36-24(30)31)38-20-21-35-12-18(40(21)8-7-32-20)16-10-37-39-19(16)25(26,27)28/h3-4,7-10,12,17H,2,5-6,11,29H2,1H3,(H,32,38)(H,33,41)(H,34,42)(H,37,39)(H4,30,31,36). The number of carbonyl (C=O) groups is 2. The van der Waals surface area contributed by atoms with Gasteiger partial charge in [-0.15, -0.1) is 0 Å². The van der Waals surface area contributed by atoms with Gasteiger partial charge >= 0.3 is 6.18 Å². The van der Waals surface area contributed by atoms with Crippen molar-refractivity contribution in [2.24, 2.45) is 11.5 Å². The number of benzene rings is 1. The fraction of sp³-hybridized carbons (Fsp3) is 0.280. The summed E-state index contributed by atoms with van der Waals surface area (Å²) in [5, 5.41) is 23.6. The van der Waals surface area contributed by atoms with E-state index in [1.54, 1.807) is 18.2 Å². The lowest BCUT2D eigenvalue weighted by Gasteiger charge is -2.14. The minimum Gasteiger partial charge on any atom is -0.370 e. The molecule has 2 amide bonds. The van der Waals surface area contributed by atoms with Crippen LogP contribution < -0.4 is 32.7 Å². The number of fused-ring (bicyclic) bond motifs is 1. The first kappa shape index (κ1) is 29.8. The molecule has 17 heteroatoms. The van der Waals surface area contributed by atoms with Crippen LogP contribution in [-0.2, 0) is 17.4 Å². The van der Waals surface area contributed by atoms with Crippen molar-refractivity contribution in [1.29, 1.82) is 5.41 Å². The Hall–Kier alpha value is -5.19. The van der Waals surface area contributed by atoms with Gasteiger partial charge in [-0.25, -0.2) is 9.97 Å². The van der Waals surface area contributed by atoms with E-state index in [1.165, 1.54) is 23.0 Å². The van der Waals surface area contributed by atoms with E-state index >= 15 is 0 Å². The molecule has 3 aromatic heterocycles. The minimum atomic E-state index is -4.64. The van der Waals surface area contributed by atoms with Crippen molar-refractivity contribution in [1.82, 2.24) is 40.5 Å². The zero-order chi connectivity index (χ0) is 30.4. The maximum Gasteiger partial charge on any atom is 0.435 e. The number of imidazole rings is 1. The largest absolute Gasteiger partial charge is 0.435 e. The molecule has 0 saturated heterocycles. The van der Waals surface area contributed by atoms with Crippen LogP contribution in [0.4, 0.5) is 24.7 Å². The van der Waals surface area contributed by atoms with E-state index in [-0.39, 0.29) is 42.8 Å². The number of alkyl halides is 3. The molecule has 0 spiro atoms. The molecule has 0 aliphatic heterocycles. The molecular formula is C25H29F3N12O2. The normalized spacial score (nSPS) is 12.1. The molecule has 4 rings (SSSR count). The van der Waals surface area contributed by atoms with Crippen molar-refractivity contribution >= 4 is 34.9 Å². The third-order valence-corrected chi connectivity index (χ3v) is 6.17. The number of aryl methyl sites for hydroxylation is 1.